The molecule has 1 amide bonds. The van der Waals surface area contributed by atoms with E-state index in [-0.39, 0.29) is 12.1 Å². The Balaban J connectivity index is 1.64. The molecule has 3 N–H and O–H groups in total. The van der Waals surface area contributed by atoms with Gasteiger partial charge in [-0.25, -0.2) is 4.79 Å². The molecule has 0 radical (unpaired) electrons. The van der Waals surface area contributed by atoms with Gasteiger partial charge in [0.15, 0.2) is 0 Å². The zero-order valence-corrected chi connectivity index (χ0v) is 17.4. The lowest BCUT2D eigenvalue weighted by molar-refractivity contribution is 0.131. The number of hydrogen-bond donors (Lipinski definition) is 2. The summed E-state index contributed by atoms with van der Waals surface area (Å²) in [7, 11) is 0. The van der Waals surface area contributed by atoms with Crippen molar-refractivity contribution < 1.29 is 9.53 Å². The normalized spacial score (nSPS) is 11.2. The third-order valence-corrected chi connectivity index (χ3v) is 4.24. The molecule has 3 rings (SSSR count). The highest BCUT2D eigenvalue weighted by atomic mass is 16.5. The van der Waals surface area contributed by atoms with Gasteiger partial charge >= 0.3 is 6.09 Å². The van der Waals surface area contributed by atoms with Crippen LogP contribution in [0.1, 0.15) is 43.0 Å². The predicted molar refractivity (Wildman–Crippen MR) is 121 cm³/mol. The molecule has 0 unspecified atom stereocenters. The lowest BCUT2D eigenvalue weighted by Gasteiger charge is -2.19. The number of carbonyl (C=O) groups is 1. The van der Waals surface area contributed by atoms with Crippen molar-refractivity contribution in [2.45, 2.75) is 32.9 Å². The number of fused-ring (bicyclic) bond motifs is 1. The smallest absolute Gasteiger partial charge is 0.407 e. The summed E-state index contributed by atoms with van der Waals surface area (Å²) >= 11 is 0. The molecule has 0 aliphatic carbocycles. The zero-order chi connectivity index (χ0) is 21.6. The van der Waals surface area contributed by atoms with Crippen LogP contribution in [-0.4, -0.2) is 17.8 Å². The number of nitrogens with zero attached hydrogens (tertiary/aromatic N) is 1. The zero-order valence-electron chi connectivity index (χ0n) is 17.4. The van der Waals surface area contributed by atoms with E-state index in [0.717, 1.165) is 33.0 Å². The van der Waals surface area contributed by atoms with E-state index in [2.05, 4.69) is 28.3 Å². The fourth-order valence-corrected chi connectivity index (χ4v) is 2.83. The molecular weight excluding hydrogens is 374 g/mol. The molecule has 0 heterocycles. The highest BCUT2D eigenvalue weighted by Gasteiger charge is 2.14. The quantitative estimate of drug-likeness (QED) is 0.293. The predicted octanol–water partition coefficient (Wildman–Crippen LogP) is 4.56. The van der Waals surface area contributed by atoms with Gasteiger partial charge in [-0.05, 0) is 73.0 Å². The summed E-state index contributed by atoms with van der Waals surface area (Å²) in [5, 5.41) is 8.54. The van der Waals surface area contributed by atoms with Gasteiger partial charge in [0, 0.05) is 16.7 Å². The molecule has 5 nitrogen and oxygen atoms in total. The van der Waals surface area contributed by atoms with Gasteiger partial charge in [0.1, 0.15) is 6.61 Å². The maximum atomic E-state index is 11.7. The van der Waals surface area contributed by atoms with Crippen molar-refractivity contribution in [1.82, 2.24) is 5.32 Å². The van der Waals surface area contributed by atoms with E-state index in [4.69, 9.17) is 10.6 Å². The van der Waals surface area contributed by atoms with Crippen LogP contribution in [0.25, 0.3) is 10.8 Å². The van der Waals surface area contributed by atoms with Crippen molar-refractivity contribution >= 4 is 23.1 Å². The first-order chi connectivity index (χ1) is 14.3. The molecule has 0 atom stereocenters. The van der Waals surface area contributed by atoms with E-state index in [1.165, 1.54) is 0 Å². The van der Waals surface area contributed by atoms with E-state index < -0.39 is 6.09 Å². The molecule has 0 aliphatic rings. The number of amides is 1. The third-order valence-electron chi connectivity index (χ3n) is 4.24. The first-order valence-corrected chi connectivity index (χ1v) is 9.65. The van der Waals surface area contributed by atoms with Crippen LogP contribution < -0.4 is 11.2 Å². The van der Waals surface area contributed by atoms with E-state index in [1.807, 2.05) is 75.4 Å². The number of alkyl carbamates (subject to hydrolysis) is 1. The van der Waals surface area contributed by atoms with Crippen molar-refractivity contribution in [2.75, 3.05) is 0 Å². The van der Waals surface area contributed by atoms with Gasteiger partial charge < -0.3 is 15.9 Å². The van der Waals surface area contributed by atoms with E-state index in [0.29, 0.717) is 0 Å². The van der Waals surface area contributed by atoms with Crippen molar-refractivity contribution in [3.05, 3.63) is 82.9 Å². The monoisotopic (exact) mass is 399 g/mol. The SMILES string of the molecule is CC(C)(C)NC(=O)OCc1ccc(C#Cc2ccc3cc(/C=N/N)ccc3c2)cc1. The van der Waals surface area contributed by atoms with Gasteiger partial charge in [-0.3, -0.25) is 0 Å². The number of carbonyl (C=O) groups excluding carboxylic acids is 1. The molecule has 3 aromatic rings. The summed E-state index contributed by atoms with van der Waals surface area (Å²) in [6.45, 7) is 5.94. The van der Waals surface area contributed by atoms with Gasteiger partial charge in [0.2, 0.25) is 0 Å². The first-order valence-electron chi connectivity index (χ1n) is 9.65. The van der Waals surface area contributed by atoms with Crippen LogP contribution in [-0.2, 0) is 11.3 Å². The Morgan fingerprint density at radius 3 is 2.33 bits per heavy atom. The molecule has 0 bridgehead atoms. The summed E-state index contributed by atoms with van der Waals surface area (Å²) in [6.07, 6.45) is 1.20. The van der Waals surface area contributed by atoms with Crippen LogP contribution in [0.3, 0.4) is 0 Å². The molecule has 3 aromatic carbocycles. The minimum atomic E-state index is -0.426. The van der Waals surface area contributed by atoms with Crippen LogP contribution >= 0.6 is 0 Å². The van der Waals surface area contributed by atoms with Gasteiger partial charge in [0.25, 0.3) is 0 Å². The minimum absolute atomic E-state index is 0.219. The average Bonchev–Trinajstić information content (AvgIpc) is 2.70. The van der Waals surface area contributed by atoms with Gasteiger partial charge in [-0.1, -0.05) is 42.2 Å². The van der Waals surface area contributed by atoms with Crippen molar-refractivity contribution in [1.29, 1.82) is 0 Å². The van der Waals surface area contributed by atoms with E-state index in [9.17, 15) is 4.79 Å². The van der Waals surface area contributed by atoms with Crippen molar-refractivity contribution in [3.63, 3.8) is 0 Å². The Kier molecular flexibility index (Phi) is 6.38. The topological polar surface area (TPSA) is 76.7 Å². The highest BCUT2D eigenvalue weighted by Crippen LogP contribution is 2.17. The Hall–Kier alpha value is -3.78. The van der Waals surface area contributed by atoms with Crippen LogP contribution in [0.2, 0.25) is 0 Å². The number of hydrazone groups is 1. The third kappa shape index (κ3) is 6.11. The molecule has 152 valence electrons. The van der Waals surface area contributed by atoms with Gasteiger partial charge in [-0.2, -0.15) is 5.10 Å². The second kappa shape index (κ2) is 9.15. The molecule has 0 aromatic heterocycles. The number of hydrogen-bond acceptors (Lipinski definition) is 4. The maximum absolute atomic E-state index is 11.7. The van der Waals surface area contributed by atoms with Crippen LogP contribution in [0.4, 0.5) is 4.79 Å². The molecule has 0 saturated carbocycles. The van der Waals surface area contributed by atoms with E-state index in [1.54, 1.807) is 6.21 Å². The Bertz CT molecular complexity index is 1130. The molecule has 30 heavy (non-hydrogen) atoms. The summed E-state index contributed by atoms with van der Waals surface area (Å²) in [5.41, 5.74) is 3.39. The van der Waals surface area contributed by atoms with Crippen LogP contribution in [0, 0.1) is 11.8 Å². The maximum Gasteiger partial charge on any atom is 0.407 e. The van der Waals surface area contributed by atoms with E-state index >= 15 is 0 Å². The lowest BCUT2D eigenvalue weighted by atomic mass is 10.0. The molecule has 5 heteroatoms. The van der Waals surface area contributed by atoms with Crippen LogP contribution in [0.15, 0.2) is 65.8 Å². The van der Waals surface area contributed by atoms with Crippen molar-refractivity contribution in [2.24, 2.45) is 10.9 Å². The fraction of sp³-hybridized carbons (Fsp3) is 0.200. The fourth-order valence-electron chi connectivity index (χ4n) is 2.83. The summed E-state index contributed by atoms with van der Waals surface area (Å²) in [4.78, 5) is 11.7. The standard InChI is InChI=1S/C25H25N3O2/c1-25(2,3)28-24(29)30-17-20-8-5-18(6-9-20)4-7-19-10-12-23-15-21(16-27-26)11-13-22(23)14-19/h5-6,8-16H,17,26H2,1-3H3,(H,28,29)/b27-16+. The van der Waals surface area contributed by atoms with Gasteiger partial charge in [-0.15, -0.1) is 0 Å². The second-order valence-corrected chi connectivity index (χ2v) is 8.00. The summed E-state index contributed by atoms with van der Waals surface area (Å²) in [6, 6.07) is 19.8. The number of nitrogens with two attached hydrogens (primary N) is 1. The van der Waals surface area contributed by atoms with Crippen molar-refractivity contribution in [3.8, 4) is 11.8 Å². The Morgan fingerprint density at radius 1 is 1.00 bits per heavy atom. The Morgan fingerprint density at radius 2 is 1.63 bits per heavy atom. The Labute approximate surface area is 176 Å². The molecule has 0 spiro atoms. The van der Waals surface area contributed by atoms with Crippen LogP contribution in [0.5, 0.6) is 0 Å². The largest absolute Gasteiger partial charge is 0.445 e. The summed E-state index contributed by atoms with van der Waals surface area (Å²) in [5.74, 6) is 11.6. The first kappa shape index (κ1) is 20.9. The molecule has 0 aliphatic heterocycles. The number of benzene rings is 3. The minimum Gasteiger partial charge on any atom is -0.445 e. The average molecular weight is 399 g/mol. The number of nitrogens with one attached hydrogen (secondary N) is 1. The molecule has 0 saturated heterocycles. The van der Waals surface area contributed by atoms with Gasteiger partial charge in [0.05, 0.1) is 6.21 Å². The molecular formula is C25H25N3O2. The number of ether oxygens (including phenoxy) is 1. The highest BCUT2D eigenvalue weighted by molar-refractivity contribution is 5.91. The summed E-state index contributed by atoms with van der Waals surface area (Å²) < 4.78 is 5.24. The second-order valence-electron chi connectivity index (χ2n) is 8.00. The lowest BCUT2D eigenvalue weighted by Crippen LogP contribution is -2.40. The number of rotatable bonds is 3. The molecule has 0 fully saturated rings.